The first-order chi connectivity index (χ1) is 52.7. The number of amides is 4. The second-order valence-electron chi connectivity index (χ2n) is 25.0. The van der Waals surface area contributed by atoms with Crippen LogP contribution in [0.5, 0.6) is 0 Å². The molecular formula is C61H93N5Na4O45. The molecule has 8 aliphatic heterocycles. The number of hydrogen-bond acceptors (Lipinski definition) is 46. The van der Waals surface area contributed by atoms with Crippen LogP contribution in [0.25, 0.3) is 0 Å². The molecule has 23 N–H and O–H groups in total. The number of aliphatic hydroxyl groups excluding tert-OH is 17. The van der Waals surface area contributed by atoms with Crippen LogP contribution in [0, 0.1) is 26.4 Å². The summed E-state index contributed by atoms with van der Waals surface area (Å²) < 4.78 is 91.9. The molecule has 0 radical (unpaired) electrons. The maximum absolute atomic E-state index is 12.6. The minimum absolute atomic E-state index is 0. The molecule has 0 aromatic heterocycles. The van der Waals surface area contributed by atoms with Crippen LogP contribution in [0.15, 0.2) is 0 Å². The molecule has 8 saturated heterocycles. The summed E-state index contributed by atoms with van der Waals surface area (Å²) in [6.45, 7) is 4.60. The Kier molecular flexibility index (Phi) is 56.5. The number of hydrogen-bond donors (Lipinski definition) is 22. The molecular weight excluding hydrogens is 1610 g/mol. The van der Waals surface area contributed by atoms with E-state index in [9.17, 15) is 106 Å². The van der Waals surface area contributed by atoms with E-state index >= 15 is 0 Å². The Balaban J connectivity index is 0.00000763. The van der Waals surface area contributed by atoms with Gasteiger partial charge in [0.25, 0.3) is 0 Å². The topological polar surface area (TPSA) is 771 Å². The van der Waals surface area contributed by atoms with E-state index in [4.69, 9.17) is 120 Å². The third kappa shape index (κ3) is 32.3. The number of aliphatic hydroxyl groups is 17. The third-order valence-electron chi connectivity index (χ3n) is 17.3. The first-order valence-corrected chi connectivity index (χ1v) is 33.5. The van der Waals surface area contributed by atoms with Gasteiger partial charge >= 0.3 is 143 Å². The van der Waals surface area contributed by atoms with Gasteiger partial charge in [-0.1, -0.05) is 0 Å². The van der Waals surface area contributed by atoms with Gasteiger partial charge in [0, 0.05) is 34.3 Å². The fourth-order valence-corrected chi connectivity index (χ4v) is 12.1. The summed E-state index contributed by atoms with van der Waals surface area (Å²) in [6, 6.07) is -6.39. The molecule has 8 fully saturated rings. The Hall–Kier alpha value is -1.96. The molecule has 50 nitrogen and oxygen atoms in total. The molecule has 12 unspecified atom stereocenters. The van der Waals surface area contributed by atoms with Crippen molar-refractivity contribution in [1.82, 2.24) is 21.3 Å². The predicted molar refractivity (Wildman–Crippen MR) is 331 cm³/mol. The summed E-state index contributed by atoms with van der Waals surface area (Å²) in [7, 11) is 0. The third-order valence-corrected chi connectivity index (χ3v) is 17.3. The normalized spacial score (nSPS) is 39.9. The van der Waals surface area contributed by atoms with E-state index in [0.29, 0.717) is 13.0 Å². The van der Waals surface area contributed by atoms with Gasteiger partial charge in [-0.25, -0.2) is 0 Å². The van der Waals surface area contributed by atoms with Crippen LogP contribution < -0.4 is 145 Å². The van der Waals surface area contributed by atoms with Crippen molar-refractivity contribution in [1.29, 1.82) is 0 Å². The Bertz CT molecular complexity index is 2910. The second kappa shape index (κ2) is 57.5. The number of unbranched alkanes of at least 4 members (excludes halogenated alkanes) is 2. The Labute approximate surface area is 741 Å². The summed E-state index contributed by atoms with van der Waals surface area (Å²) in [6.07, 6.45) is -54.0. The quantitative estimate of drug-likeness (QED) is 0.0196. The van der Waals surface area contributed by atoms with Gasteiger partial charge < -0.3 is 190 Å². The average Bonchev–Trinajstić information content (AvgIpc) is 0.782. The first kappa shape index (κ1) is 113. The zero-order valence-electron chi connectivity index (χ0n) is 63.1. The van der Waals surface area contributed by atoms with E-state index in [1.165, 1.54) is 0 Å². The monoisotopic (exact) mass is 1710 g/mol. The number of nitrogens with one attached hydrogen (secondary N) is 4. The molecule has 4 amide bonds. The van der Waals surface area contributed by atoms with Crippen molar-refractivity contribution >= 4 is 48.2 Å². The smallest absolute Gasteiger partial charge is 0.525 e. The van der Waals surface area contributed by atoms with Crippen LogP contribution in [0.2, 0.25) is 0 Å². The van der Waals surface area contributed by atoms with Crippen molar-refractivity contribution < 1.29 is 338 Å². The SMILES string of the molecule is CC(=O)NC1[C@@H](O[C@@H]2[CH-]O[C@@H](O[C@@H]3C(CO)O[C@H](O[C@@H]4[CH-]O[C@@H](O[C@@H]5C(CO)O[C@H](O[C@@H]6[CH-]O[C@@H](O[C@@H]7C(CO)O[C@H](O[C@@H]8[CH-]O[C@@H](OCCCCCN)C(O)[C@H]8O)C(NC(C)=O)[C@H]7O)C(O)[C@@H]6O)C(NC(C)=O)[C@H]5O)C(O)[C@H]4O)C(NC(C)=O)[C@H]3O)C(O)[C@@H]2O)OC(CO)[C@@H](O)[C@@H]1O.O=C=O.O=C=O.O=C=O.O=C=O.[Na+].[Na+].[Na+].[Na+]. The van der Waals surface area contributed by atoms with Crippen LogP contribution in [-0.2, 0) is 133 Å². The molecule has 0 bridgehead atoms. The van der Waals surface area contributed by atoms with Crippen LogP contribution in [0.3, 0.4) is 0 Å². The van der Waals surface area contributed by atoms with E-state index in [1.807, 2.05) is 0 Å². The summed E-state index contributed by atoms with van der Waals surface area (Å²) in [5, 5.41) is 197. The van der Waals surface area contributed by atoms with E-state index < -0.39 is 271 Å². The molecule has 115 heavy (non-hydrogen) atoms. The van der Waals surface area contributed by atoms with Crippen LogP contribution in [-0.4, -0.2) is 396 Å². The number of ether oxygens (including phenoxy) is 16. The Morgan fingerprint density at radius 3 is 0.800 bits per heavy atom. The fourth-order valence-electron chi connectivity index (χ4n) is 12.1. The number of rotatable bonds is 28. The summed E-state index contributed by atoms with van der Waals surface area (Å²) in [5.41, 5.74) is 5.52. The Morgan fingerprint density at radius 2 is 0.557 bits per heavy atom. The van der Waals surface area contributed by atoms with Gasteiger partial charge in [-0.15, -0.1) is 0 Å². The molecule has 0 saturated carbocycles. The summed E-state index contributed by atoms with van der Waals surface area (Å²) in [5.74, 6) is -3.03. The number of nitrogens with two attached hydrogens (primary N) is 1. The van der Waals surface area contributed by atoms with Gasteiger partial charge in [-0.3, -0.25) is 19.2 Å². The van der Waals surface area contributed by atoms with Gasteiger partial charge in [-0.2, -0.15) is 64.8 Å². The molecule has 8 aliphatic rings. The molecule has 36 atom stereocenters. The standard InChI is InChI=1S/C57H93N5O37.4CO2.4Na/c1-18(67)59-30-39(76)34(71)22(10-63)89-50(30)93-27-15-86-55(44(81)36(27)73)97-48-24(12-65)91-52(32(41(48)78)61-20(3)69)95-29-17-88-57(46(83)38(29)75)99-49-25(13-66)92-53(33(42(49)79)62-21(4)70)96-28-16-87-56(45(82)37(28)74)98-47-23(11-64)90-51(31(40(47)77)60-19(2)68)94-26-14-85-54(43(80)35(26)72)84-9-7-5-6-8-58;4*2-1-3;;;;/h14-17,22-57,63-66,71-83H,5-13,58H2,1-4H3,(H,59,67)(H,60,68)(H,61,69)(H,62,70);;;;;;;;/q-4;;;;;4*+1/t22?,23?,24?,25?,26-,27-,28-,29-,30?,31?,32?,33?,34-,35+,36-,37-,38+,39-,40-,41-,42-,43?,44?,45?,46?,47-,48-,49-,50-,51-,52-,53-,54-,55+,56+,57+;;;;;;;;/m1......../s1. The Morgan fingerprint density at radius 1 is 0.322 bits per heavy atom. The van der Waals surface area contributed by atoms with Gasteiger partial charge in [0.1, 0.15) is 122 Å². The maximum atomic E-state index is 12.6. The van der Waals surface area contributed by atoms with Crippen LogP contribution >= 0.6 is 0 Å². The van der Waals surface area contributed by atoms with E-state index in [2.05, 4.69) is 21.3 Å². The second-order valence-corrected chi connectivity index (χ2v) is 25.0. The minimum Gasteiger partial charge on any atom is -0.525 e. The summed E-state index contributed by atoms with van der Waals surface area (Å²) >= 11 is 0. The van der Waals surface area contributed by atoms with Crippen molar-refractivity contribution in [3.8, 4) is 0 Å². The predicted octanol–water partition coefficient (Wildman–Crippen LogP) is -27.8. The van der Waals surface area contributed by atoms with Gasteiger partial charge in [0.2, 0.25) is 23.6 Å². The van der Waals surface area contributed by atoms with Crippen LogP contribution in [0.1, 0.15) is 47.0 Å². The fraction of sp³-hybridized carbons (Fsp3) is 0.803. The number of carbonyl (C=O) groups is 4. The molecule has 0 aliphatic carbocycles. The van der Waals surface area contributed by atoms with Crippen molar-refractivity contribution in [2.45, 2.75) is 268 Å². The first-order valence-electron chi connectivity index (χ1n) is 33.5. The van der Waals surface area contributed by atoms with Crippen molar-refractivity contribution in [2.24, 2.45) is 5.73 Å². The zero-order chi connectivity index (χ0) is 83.3. The number of carbonyl (C=O) groups excluding carboxylic acids is 12. The van der Waals surface area contributed by atoms with Gasteiger partial charge in [-0.05, 0) is 50.2 Å². The molecule has 0 aromatic carbocycles. The van der Waals surface area contributed by atoms with Gasteiger partial charge in [0.05, 0.1) is 50.8 Å². The molecule has 636 valence electrons. The van der Waals surface area contributed by atoms with Crippen LogP contribution in [0.4, 0.5) is 0 Å². The van der Waals surface area contributed by atoms with E-state index in [-0.39, 0.29) is 149 Å². The van der Waals surface area contributed by atoms with Crippen molar-refractivity contribution in [3.05, 3.63) is 26.4 Å². The minimum atomic E-state index is -2.15. The van der Waals surface area contributed by atoms with E-state index in [1.54, 1.807) is 0 Å². The molecule has 54 heteroatoms. The molecule has 0 spiro atoms. The average molecular weight is 1710 g/mol. The van der Waals surface area contributed by atoms with E-state index in [0.717, 1.165) is 67.0 Å². The van der Waals surface area contributed by atoms with Crippen molar-refractivity contribution in [2.75, 3.05) is 39.6 Å². The molecule has 8 rings (SSSR count). The molecule has 0 aromatic rings. The largest absolute Gasteiger partial charge is 1.00 e. The molecule has 8 heterocycles. The van der Waals surface area contributed by atoms with Gasteiger partial charge in [0.15, 0.2) is 50.3 Å². The summed E-state index contributed by atoms with van der Waals surface area (Å²) in [4.78, 5) is 115. The zero-order valence-corrected chi connectivity index (χ0v) is 71.1. The van der Waals surface area contributed by atoms with Crippen molar-refractivity contribution in [3.63, 3.8) is 0 Å². The maximum Gasteiger partial charge on any atom is 1.00 e.